The minimum Gasteiger partial charge on any atom is -0.493 e. The number of aliphatic hydroxyl groups excluding tert-OH is 1. The van der Waals surface area contributed by atoms with Gasteiger partial charge in [-0.1, -0.05) is 23.7 Å². The van der Waals surface area contributed by atoms with Gasteiger partial charge in [0.15, 0.2) is 0 Å². The van der Waals surface area contributed by atoms with E-state index in [1.165, 1.54) is 0 Å². The van der Waals surface area contributed by atoms with Crippen LogP contribution in [0.15, 0.2) is 42.5 Å². The third kappa shape index (κ3) is 2.89. The van der Waals surface area contributed by atoms with Crippen molar-refractivity contribution >= 4 is 11.6 Å². The molecule has 0 fully saturated rings. The van der Waals surface area contributed by atoms with Crippen molar-refractivity contribution in [2.45, 2.75) is 12.5 Å². The second kappa shape index (κ2) is 5.73. The molecule has 2 aromatic rings. The first kappa shape index (κ1) is 13.3. The Hall–Kier alpha value is -1.71. The van der Waals surface area contributed by atoms with Crippen LogP contribution in [0.25, 0.3) is 0 Å². The molecule has 20 heavy (non-hydrogen) atoms. The summed E-state index contributed by atoms with van der Waals surface area (Å²) in [6.07, 6.45) is 0.227. The summed E-state index contributed by atoms with van der Waals surface area (Å²) < 4.78 is 11.0. The molecule has 0 saturated carbocycles. The normalized spacial score (nSPS) is 14.5. The predicted octanol–water partition coefficient (Wildman–Crippen LogP) is 3.39. The van der Waals surface area contributed by atoms with E-state index >= 15 is 0 Å². The molecular formula is C16H15ClO3. The molecule has 0 spiro atoms. The molecule has 1 aliphatic rings. The van der Waals surface area contributed by atoms with Crippen LogP contribution in [0, 0.1) is 0 Å². The highest BCUT2D eigenvalue weighted by Gasteiger charge is 2.15. The highest BCUT2D eigenvalue weighted by molar-refractivity contribution is 6.30. The van der Waals surface area contributed by atoms with Crippen molar-refractivity contribution < 1.29 is 14.6 Å². The molecule has 104 valence electrons. The van der Waals surface area contributed by atoms with Gasteiger partial charge < -0.3 is 14.6 Å². The van der Waals surface area contributed by atoms with Crippen molar-refractivity contribution in [1.82, 2.24) is 0 Å². The molecule has 1 unspecified atom stereocenters. The Morgan fingerprint density at radius 3 is 3.00 bits per heavy atom. The highest BCUT2D eigenvalue weighted by atomic mass is 35.5. The van der Waals surface area contributed by atoms with Crippen LogP contribution >= 0.6 is 11.6 Å². The summed E-state index contributed by atoms with van der Waals surface area (Å²) in [6.45, 7) is 0.911. The molecule has 0 amide bonds. The molecule has 3 rings (SSSR count). The van der Waals surface area contributed by atoms with E-state index in [-0.39, 0.29) is 6.61 Å². The third-order valence-electron chi connectivity index (χ3n) is 3.30. The van der Waals surface area contributed by atoms with Crippen LogP contribution in [0.5, 0.6) is 11.5 Å². The predicted molar refractivity (Wildman–Crippen MR) is 77.5 cm³/mol. The number of fused-ring (bicyclic) bond motifs is 1. The average molecular weight is 291 g/mol. The van der Waals surface area contributed by atoms with E-state index in [0.29, 0.717) is 17.4 Å². The second-order valence-electron chi connectivity index (χ2n) is 4.75. The van der Waals surface area contributed by atoms with Crippen LogP contribution in [0.1, 0.15) is 17.2 Å². The molecular weight excluding hydrogens is 276 g/mol. The van der Waals surface area contributed by atoms with Gasteiger partial charge in [-0.15, -0.1) is 0 Å². The molecule has 1 heterocycles. The Morgan fingerprint density at radius 1 is 1.25 bits per heavy atom. The molecule has 1 N–H and O–H groups in total. The van der Waals surface area contributed by atoms with Gasteiger partial charge in [-0.3, -0.25) is 0 Å². The Bertz CT molecular complexity index is 612. The molecule has 0 aromatic heterocycles. The molecule has 0 saturated heterocycles. The van der Waals surface area contributed by atoms with E-state index in [9.17, 15) is 5.11 Å². The van der Waals surface area contributed by atoms with Crippen molar-refractivity contribution in [2.24, 2.45) is 0 Å². The van der Waals surface area contributed by atoms with Crippen molar-refractivity contribution in [3.63, 3.8) is 0 Å². The van der Waals surface area contributed by atoms with Gasteiger partial charge in [0.2, 0.25) is 0 Å². The number of hydrogen-bond acceptors (Lipinski definition) is 3. The monoisotopic (exact) mass is 290 g/mol. The summed E-state index contributed by atoms with van der Waals surface area (Å²) in [6, 6.07) is 12.9. The Morgan fingerprint density at radius 2 is 2.15 bits per heavy atom. The highest BCUT2D eigenvalue weighted by Crippen LogP contribution is 2.28. The summed E-state index contributed by atoms with van der Waals surface area (Å²) in [4.78, 5) is 0. The van der Waals surface area contributed by atoms with Gasteiger partial charge in [0.1, 0.15) is 24.2 Å². The van der Waals surface area contributed by atoms with Gasteiger partial charge in [0.05, 0.1) is 6.61 Å². The van der Waals surface area contributed by atoms with Crippen LogP contribution in [-0.4, -0.2) is 18.3 Å². The number of rotatable bonds is 4. The minimum atomic E-state index is -0.667. The van der Waals surface area contributed by atoms with Gasteiger partial charge in [0, 0.05) is 11.4 Å². The van der Waals surface area contributed by atoms with Gasteiger partial charge in [-0.2, -0.15) is 0 Å². The summed E-state index contributed by atoms with van der Waals surface area (Å²) in [7, 11) is 0. The molecule has 0 radical (unpaired) electrons. The first-order valence-electron chi connectivity index (χ1n) is 6.54. The standard InChI is InChI=1S/C16H15ClO3/c17-13-2-1-3-14(9-13)20-10-15(18)11-4-5-16-12(8-11)6-7-19-16/h1-5,8-9,15,18H,6-7,10H2. The quantitative estimate of drug-likeness (QED) is 0.938. The van der Waals surface area contributed by atoms with E-state index in [1.807, 2.05) is 30.3 Å². The number of aliphatic hydroxyl groups is 1. The summed E-state index contributed by atoms with van der Waals surface area (Å²) in [5, 5.41) is 10.8. The molecule has 4 heteroatoms. The SMILES string of the molecule is OC(COc1cccc(Cl)c1)c1ccc2c(c1)CCO2. The number of hydrogen-bond donors (Lipinski definition) is 1. The third-order valence-corrected chi connectivity index (χ3v) is 3.54. The fourth-order valence-electron chi connectivity index (χ4n) is 2.24. The zero-order chi connectivity index (χ0) is 13.9. The number of halogens is 1. The van der Waals surface area contributed by atoms with Crippen molar-refractivity contribution in [2.75, 3.05) is 13.2 Å². The topological polar surface area (TPSA) is 38.7 Å². The fraction of sp³-hybridized carbons (Fsp3) is 0.250. The summed E-state index contributed by atoms with van der Waals surface area (Å²) in [5.41, 5.74) is 1.99. The van der Waals surface area contributed by atoms with E-state index < -0.39 is 6.10 Å². The lowest BCUT2D eigenvalue weighted by Gasteiger charge is -2.13. The van der Waals surface area contributed by atoms with Crippen molar-refractivity contribution in [3.8, 4) is 11.5 Å². The zero-order valence-electron chi connectivity index (χ0n) is 10.9. The number of benzene rings is 2. The van der Waals surface area contributed by atoms with Gasteiger partial charge in [0.25, 0.3) is 0 Å². The lowest BCUT2D eigenvalue weighted by Crippen LogP contribution is -2.09. The fourth-order valence-corrected chi connectivity index (χ4v) is 2.42. The van der Waals surface area contributed by atoms with Crippen LogP contribution in [0.3, 0.4) is 0 Å². The van der Waals surface area contributed by atoms with Crippen LogP contribution in [-0.2, 0) is 6.42 Å². The maximum Gasteiger partial charge on any atom is 0.122 e. The van der Waals surface area contributed by atoms with E-state index in [0.717, 1.165) is 23.3 Å². The van der Waals surface area contributed by atoms with E-state index in [2.05, 4.69) is 0 Å². The summed E-state index contributed by atoms with van der Waals surface area (Å²) in [5.74, 6) is 1.57. The molecule has 1 aliphatic heterocycles. The Labute approximate surface area is 122 Å². The Balaban J connectivity index is 1.66. The maximum atomic E-state index is 10.2. The van der Waals surface area contributed by atoms with E-state index in [1.54, 1.807) is 12.1 Å². The lowest BCUT2D eigenvalue weighted by molar-refractivity contribution is 0.108. The first-order valence-corrected chi connectivity index (χ1v) is 6.92. The van der Waals surface area contributed by atoms with Gasteiger partial charge in [-0.05, 0) is 41.5 Å². The molecule has 1 atom stereocenters. The van der Waals surface area contributed by atoms with Gasteiger partial charge >= 0.3 is 0 Å². The van der Waals surface area contributed by atoms with Crippen LogP contribution in [0.2, 0.25) is 5.02 Å². The van der Waals surface area contributed by atoms with Crippen LogP contribution in [0.4, 0.5) is 0 Å². The van der Waals surface area contributed by atoms with Crippen molar-refractivity contribution in [1.29, 1.82) is 0 Å². The molecule has 0 aliphatic carbocycles. The summed E-state index contributed by atoms with van der Waals surface area (Å²) >= 11 is 5.88. The molecule has 2 aromatic carbocycles. The minimum absolute atomic E-state index is 0.194. The average Bonchev–Trinajstić information content (AvgIpc) is 2.92. The Kier molecular flexibility index (Phi) is 3.81. The van der Waals surface area contributed by atoms with E-state index in [4.69, 9.17) is 21.1 Å². The van der Waals surface area contributed by atoms with Gasteiger partial charge in [-0.25, -0.2) is 0 Å². The second-order valence-corrected chi connectivity index (χ2v) is 5.19. The maximum absolute atomic E-state index is 10.2. The first-order chi connectivity index (χ1) is 9.72. The molecule has 0 bridgehead atoms. The lowest BCUT2D eigenvalue weighted by atomic mass is 10.0. The van der Waals surface area contributed by atoms with Crippen LogP contribution < -0.4 is 9.47 Å². The number of ether oxygens (including phenoxy) is 2. The van der Waals surface area contributed by atoms with Crippen molar-refractivity contribution in [3.05, 3.63) is 58.6 Å². The zero-order valence-corrected chi connectivity index (χ0v) is 11.6. The molecule has 3 nitrogen and oxygen atoms in total. The largest absolute Gasteiger partial charge is 0.493 e. The smallest absolute Gasteiger partial charge is 0.122 e.